The number of hydrogen-bond acceptors (Lipinski definition) is 2. The first-order valence-corrected chi connectivity index (χ1v) is 5.05. The number of β-amino-alcohol motifs (C(OH)–C–C–N with tert-alkyl or cyclic N) is 1. The number of likely N-dealkylation sites (tertiary alicyclic amines) is 1. The van der Waals surface area contributed by atoms with E-state index in [9.17, 15) is 4.79 Å². The van der Waals surface area contributed by atoms with Crippen LogP contribution in [0.15, 0.2) is 12.2 Å². The lowest BCUT2D eigenvalue weighted by Crippen LogP contribution is -2.27. The SMILES string of the molecule is O=C(/C=C/CBr)N1CCC(O)C1. The smallest absolute Gasteiger partial charge is 0.246 e. The summed E-state index contributed by atoms with van der Waals surface area (Å²) in [4.78, 5) is 12.9. The number of aliphatic hydroxyl groups is 1. The highest BCUT2D eigenvalue weighted by Gasteiger charge is 2.22. The van der Waals surface area contributed by atoms with E-state index in [0.29, 0.717) is 24.8 Å². The number of aliphatic hydroxyl groups excluding tert-OH is 1. The first-order chi connectivity index (χ1) is 5.74. The fourth-order valence-corrected chi connectivity index (χ4v) is 1.38. The number of allylic oxidation sites excluding steroid dienone is 1. The van der Waals surface area contributed by atoms with Crippen LogP contribution in [0.25, 0.3) is 0 Å². The minimum atomic E-state index is -0.327. The maximum atomic E-state index is 11.3. The molecule has 1 fully saturated rings. The Morgan fingerprint density at radius 1 is 1.75 bits per heavy atom. The summed E-state index contributed by atoms with van der Waals surface area (Å²) in [6, 6.07) is 0. The van der Waals surface area contributed by atoms with Crippen LogP contribution in [-0.4, -0.2) is 40.4 Å². The average molecular weight is 234 g/mol. The summed E-state index contributed by atoms with van der Waals surface area (Å²) in [5.41, 5.74) is 0. The van der Waals surface area contributed by atoms with Crippen LogP contribution in [0.4, 0.5) is 0 Å². The average Bonchev–Trinajstić information content (AvgIpc) is 2.47. The zero-order valence-electron chi connectivity index (χ0n) is 6.74. The van der Waals surface area contributed by atoms with E-state index in [2.05, 4.69) is 15.9 Å². The van der Waals surface area contributed by atoms with Gasteiger partial charge in [-0.3, -0.25) is 4.79 Å². The highest BCUT2D eigenvalue weighted by atomic mass is 79.9. The summed E-state index contributed by atoms with van der Waals surface area (Å²) in [7, 11) is 0. The number of nitrogens with zero attached hydrogens (tertiary/aromatic N) is 1. The van der Waals surface area contributed by atoms with Crippen molar-refractivity contribution in [3.05, 3.63) is 12.2 Å². The van der Waals surface area contributed by atoms with Crippen molar-refractivity contribution >= 4 is 21.8 Å². The molecule has 0 spiro atoms. The van der Waals surface area contributed by atoms with Gasteiger partial charge in [-0.15, -0.1) is 0 Å². The first-order valence-electron chi connectivity index (χ1n) is 3.93. The minimum Gasteiger partial charge on any atom is -0.391 e. The highest BCUT2D eigenvalue weighted by molar-refractivity contribution is 9.09. The lowest BCUT2D eigenvalue weighted by Gasteiger charge is -2.11. The maximum Gasteiger partial charge on any atom is 0.246 e. The predicted octanol–water partition coefficient (Wildman–Crippen LogP) is 0.531. The Hall–Kier alpha value is -0.350. The van der Waals surface area contributed by atoms with Crippen molar-refractivity contribution in [2.45, 2.75) is 12.5 Å². The molecule has 1 aliphatic rings. The number of hydrogen-bond donors (Lipinski definition) is 1. The Morgan fingerprint density at radius 2 is 2.50 bits per heavy atom. The van der Waals surface area contributed by atoms with Crippen LogP contribution in [0.5, 0.6) is 0 Å². The molecule has 12 heavy (non-hydrogen) atoms. The molecule has 0 radical (unpaired) electrons. The molecule has 1 unspecified atom stereocenters. The third-order valence-corrected chi connectivity index (χ3v) is 2.20. The Bertz CT molecular complexity index is 193. The van der Waals surface area contributed by atoms with Crippen LogP contribution in [0, 0.1) is 0 Å². The molecule has 0 aromatic rings. The second-order valence-corrected chi connectivity index (χ2v) is 3.43. The van der Waals surface area contributed by atoms with Gasteiger partial charge in [0, 0.05) is 18.4 Å². The molecule has 1 rings (SSSR count). The fourth-order valence-electron chi connectivity index (χ4n) is 1.19. The lowest BCUT2D eigenvalue weighted by molar-refractivity contribution is -0.125. The summed E-state index contributed by atoms with van der Waals surface area (Å²) in [5, 5.41) is 9.84. The third kappa shape index (κ3) is 2.60. The molecule has 3 nitrogen and oxygen atoms in total. The molecule has 0 aromatic carbocycles. The predicted molar refractivity (Wildman–Crippen MR) is 50.1 cm³/mol. The largest absolute Gasteiger partial charge is 0.391 e. The normalized spacial score (nSPS) is 23.8. The summed E-state index contributed by atoms with van der Waals surface area (Å²) in [6.07, 6.45) is 3.67. The lowest BCUT2D eigenvalue weighted by atomic mass is 10.3. The van der Waals surface area contributed by atoms with E-state index in [4.69, 9.17) is 5.11 Å². The molecule has 1 aliphatic heterocycles. The van der Waals surface area contributed by atoms with Gasteiger partial charge in [-0.25, -0.2) is 0 Å². The second-order valence-electron chi connectivity index (χ2n) is 2.78. The molecular formula is C8H12BrNO2. The van der Waals surface area contributed by atoms with Gasteiger partial charge in [-0.05, 0) is 12.5 Å². The summed E-state index contributed by atoms with van der Waals surface area (Å²) < 4.78 is 0. The van der Waals surface area contributed by atoms with Gasteiger partial charge < -0.3 is 10.0 Å². The Morgan fingerprint density at radius 3 is 3.00 bits per heavy atom. The Labute approximate surface area is 80.2 Å². The van der Waals surface area contributed by atoms with Gasteiger partial charge in [0.25, 0.3) is 0 Å². The number of halogens is 1. The maximum absolute atomic E-state index is 11.3. The first kappa shape index (κ1) is 9.74. The van der Waals surface area contributed by atoms with E-state index in [0.717, 1.165) is 0 Å². The van der Waals surface area contributed by atoms with Crippen LogP contribution in [0.2, 0.25) is 0 Å². The van der Waals surface area contributed by atoms with Crippen molar-refractivity contribution in [3.63, 3.8) is 0 Å². The van der Waals surface area contributed by atoms with Gasteiger partial charge in [-0.2, -0.15) is 0 Å². The molecule has 1 amide bonds. The van der Waals surface area contributed by atoms with Crippen LogP contribution < -0.4 is 0 Å². The number of rotatable bonds is 2. The quantitative estimate of drug-likeness (QED) is 0.559. The van der Waals surface area contributed by atoms with Crippen LogP contribution >= 0.6 is 15.9 Å². The van der Waals surface area contributed by atoms with Gasteiger partial charge in [0.15, 0.2) is 0 Å². The van der Waals surface area contributed by atoms with Gasteiger partial charge in [-0.1, -0.05) is 22.0 Å². The van der Waals surface area contributed by atoms with Gasteiger partial charge in [0.05, 0.1) is 6.10 Å². The summed E-state index contributed by atoms with van der Waals surface area (Å²) >= 11 is 3.19. The molecule has 0 aromatic heterocycles. The molecule has 0 bridgehead atoms. The number of amides is 1. The van der Waals surface area contributed by atoms with E-state index >= 15 is 0 Å². The van der Waals surface area contributed by atoms with E-state index in [1.807, 2.05) is 0 Å². The van der Waals surface area contributed by atoms with Crippen molar-refractivity contribution in [3.8, 4) is 0 Å². The molecule has 68 valence electrons. The molecule has 1 saturated heterocycles. The van der Waals surface area contributed by atoms with Crippen molar-refractivity contribution < 1.29 is 9.90 Å². The molecule has 1 heterocycles. The number of carbonyl (C=O) groups is 1. The fraction of sp³-hybridized carbons (Fsp3) is 0.625. The minimum absolute atomic E-state index is 0.00833. The van der Waals surface area contributed by atoms with Crippen LogP contribution in [0.3, 0.4) is 0 Å². The summed E-state index contributed by atoms with van der Waals surface area (Å²) in [5.74, 6) is -0.00833. The van der Waals surface area contributed by atoms with Crippen LogP contribution in [0.1, 0.15) is 6.42 Å². The summed E-state index contributed by atoms with van der Waals surface area (Å²) in [6.45, 7) is 1.15. The van der Waals surface area contributed by atoms with E-state index in [1.54, 1.807) is 11.0 Å². The molecule has 1 N–H and O–H groups in total. The number of alkyl halides is 1. The third-order valence-electron chi connectivity index (χ3n) is 1.82. The molecule has 4 heteroatoms. The van der Waals surface area contributed by atoms with E-state index < -0.39 is 0 Å². The number of carbonyl (C=O) groups excluding carboxylic acids is 1. The van der Waals surface area contributed by atoms with Crippen molar-refractivity contribution in [2.75, 3.05) is 18.4 Å². The monoisotopic (exact) mass is 233 g/mol. The Kier molecular flexibility index (Phi) is 3.75. The van der Waals surface area contributed by atoms with Gasteiger partial charge >= 0.3 is 0 Å². The Balaban J connectivity index is 2.38. The van der Waals surface area contributed by atoms with Crippen LogP contribution in [-0.2, 0) is 4.79 Å². The second kappa shape index (κ2) is 4.62. The van der Waals surface area contributed by atoms with Crippen molar-refractivity contribution in [1.82, 2.24) is 4.90 Å². The van der Waals surface area contributed by atoms with Gasteiger partial charge in [0.2, 0.25) is 5.91 Å². The standard InChI is InChI=1S/C8H12BrNO2/c9-4-1-2-8(12)10-5-3-7(11)6-10/h1-2,7,11H,3-6H2/b2-1+. The van der Waals surface area contributed by atoms with Gasteiger partial charge in [0.1, 0.15) is 0 Å². The highest BCUT2D eigenvalue weighted by Crippen LogP contribution is 2.08. The van der Waals surface area contributed by atoms with Crippen molar-refractivity contribution in [2.24, 2.45) is 0 Å². The zero-order chi connectivity index (χ0) is 8.97. The molecule has 0 aliphatic carbocycles. The van der Waals surface area contributed by atoms with Crippen molar-refractivity contribution in [1.29, 1.82) is 0 Å². The zero-order valence-corrected chi connectivity index (χ0v) is 8.33. The van der Waals surface area contributed by atoms with E-state index in [1.165, 1.54) is 6.08 Å². The molecule has 1 atom stereocenters. The molecular weight excluding hydrogens is 222 g/mol. The molecule has 0 saturated carbocycles. The van der Waals surface area contributed by atoms with E-state index in [-0.39, 0.29) is 12.0 Å². The topological polar surface area (TPSA) is 40.5 Å².